The van der Waals surface area contributed by atoms with Gasteiger partial charge in [-0.15, -0.1) is 0 Å². The number of ether oxygens (including phenoxy) is 1. The fraction of sp³-hybridized carbons (Fsp3) is 0.400. The summed E-state index contributed by atoms with van der Waals surface area (Å²) in [7, 11) is 0. The highest BCUT2D eigenvalue weighted by atomic mass is 16.5. The molecule has 1 aromatic rings. The minimum Gasteiger partial charge on any atom is -0.502 e. The zero-order valence-electron chi connectivity index (χ0n) is 11.6. The van der Waals surface area contributed by atoms with Gasteiger partial charge in [0.2, 0.25) is 0 Å². The molecule has 4 heteroatoms. The third-order valence-electron chi connectivity index (χ3n) is 2.46. The van der Waals surface area contributed by atoms with Crippen LogP contribution < -0.4 is 10.6 Å². The van der Waals surface area contributed by atoms with E-state index in [1.807, 2.05) is 38.1 Å². The minimum absolute atomic E-state index is 0.0673. The lowest BCUT2D eigenvalue weighted by Gasteiger charge is -2.14. The van der Waals surface area contributed by atoms with Gasteiger partial charge in [-0.1, -0.05) is 18.7 Å². The number of rotatable bonds is 8. The van der Waals surface area contributed by atoms with Gasteiger partial charge >= 0.3 is 0 Å². The summed E-state index contributed by atoms with van der Waals surface area (Å²) in [5.41, 5.74) is 1.53. The summed E-state index contributed by atoms with van der Waals surface area (Å²) in [5.74, 6) is -0.0673. The van der Waals surface area contributed by atoms with Gasteiger partial charge in [0, 0.05) is 18.3 Å². The van der Waals surface area contributed by atoms with Gasteiger partial charge in [-0.3, -0.25) is 4.79 Å². The maximum atomic E-state index is 12.1. The lowest BCUT2D eigenvalue weighted by molar-refractivity contribution is 0.0951. The van der Waals surface area contributed by atoms with Crippen molar-refractivity contribution in [2.24, 2.45) is 0 Å². The average Bonchev–Trinajstić information content (AvgIpc) is 2.38. The van der Waals surface area contributed by atoms with Crippen LogP contribution in [0.15, 0.2) is 37.1 Å². The Kier molecular flexibility index (Phi) is 6.50. The number of nitrogens with one attached hydrogen (secondary N) is 2. The third-order valence-corrected chi connectivity index (χ3v) is 2.46. The Morgan fingerprint density at radius 2 is 2.16 bits per heavy atom. The molecular weight excluding hydrogens is 240 g/mol. The number of hydrogen-bond acceptors (Lipinski definition) is 3. The van der Waals surface area contributed by atoms with Crippen molar-refractivity contribution in [1.82, 2.24) is 5.32 Å². The second-order valence-corrected chi connectivity index (χ2v) is 4.49. The number of hydrogen-bond donors (Lipinski definition) is 2. The first-order valence-corrected chi connectivity index (χ1v) is 6.51. The van der Waals surface area contributed by atoms with Crippen molar-refractivity contribution in [3.8, 4) is 0 Å². The van der Waals surface area contributed by atoms with Gasteiger partial charge in [0.15, 0.2) is 0 Å². The maximum absolute atomic E-state index is 12.1. The Labute approximate surface area is 114 Å². The van der Waals surface area contributed by atoms with Gasteiger partial charge in [-0.25, -0.2) is 0 Å². The standard InChI is InChI=1S/C15H22N2O2/c1-4-19-11-7-10-16-15(18)13-8-5-6-9-14(13)17-12(2)3/h4-6,8-9,12,17H,1,7,10-11H2,2-3H3,(H,16,18). The van der Waals surface area contributed by atoms with Crippen molar-refractivity contribution in [2.75, 3.05) is 18.5 Å². The van der Waals surface area contributed by atoms with E-state index in [4.69, 9.17) is 4.74 Å². The summed E-state index contributed by atoms with van der Waals surface area (Å²) in [6.45, 7) is 8.70. The monoisotopic (exact) mass is 262 g/mol. The summed E-state index contributed by atoms with van der Waals surface area (Å²) in [5, 5.41) is 6.14. The summed E-state index contributed by atoms with van der Waals surface area (Å²) in [4.78, 5) is 12.1. The van der Waals surface area contributed by atoms with Crippen LogP contribution in [0.2, 0.25) is 0 Å². The summed E-state index contributed by atoms with van der Waals surface area (Å²) in [6, 6.07) is 7.80. The normalized spacial score (nSPS) is 10.1. The van der Waals surface area contributed by atoms with Crippen LogP contribution in [0.3, 0.4) is 0 Å². The third kappa shape index (κ3) is 5.46. The highest BCUT2D eigenvalue weighted by Gasteiger charge is 2.10. The molecule has 0 atom stereocenters. The lowest BCUT2D eigenvalue weighted by atomic mass is 10.1. The van der Waals surface area contributed by atoms with Gasteiger partial charge in [-0.2, -0.15) is 0 Å². The van der Waals surface area contributed by atoms with E-state index in [2.05, 4.69) is 17.2 Å². The van der Waals surface area contributed by atoms with Crippen molar-refractivity contribution in [2.45, 2.75) is 26.3 Å². The number of anilines is 1. The molecular formula is C15H22N2O2. The second-order valence-electron chi connectivity index (χ2n) is 4.49. The Bertz CT molecular complexity index is 416. The van der Waals surface area contributed by atoms with E-state index in [9.17, 15) is 4.79 Å². The molecule has 0 aliphatic rings. The molecule has 0 aromatic heterocycles. The van der Waals surface area contributed by atoms with Gasteiger partial charge in [-0.05, 0) is 32.4 Å². The van der Waals surface area contributed by atoms with E-state index in [0.717, 1.165) is 12.1 Å². The molecule has 0 radical (unpaired) electrons. The van der Waals surface area contributed by atoms with E-state index in [0.29, 0.717) is 18.7 Å². The molecule has 0 unspecified atom stereocenters. The van der Waals surface area contributed by atoms with Crippen molar-refractivity contribution < 1.29 is 9.53 Å². The van der Waals surface area contributed by atoms with Crippen LogP contribution >= 0.6 is 0 Å². The van der Waals surface area contributed by atoms with Gasteiger partial charge in [0.05, 0.1) is 18.4 Å². The molecule has 2 N–H and O–H groups in total. The van der Waals surface area contributed by atoms with Crippen molar-refractivity contribution >= 4 is 11.6 Å². The van der Waals surface area contributed by atoms with Crippen molar-refractivity contribution in [3.05, 3.63) is 42.7 Å². The smallest absolute Gasteiger partial charge is 0.253 e. The first-order valence-electron chi connectivity index (χ1n) is 6.51. The topological polar surface area (TPSA) is 50.4 Å². The Morgan fingerprint density at radius 3 is 2.84 bits per heavy atom. The lowest BCUT2D eigenvalue weighted by Crippen LogP contribution is -2.26. The van der Waals surface area contributed by atoms with Crippen molar-refractivity contribution in [3.63, 3.8) is 0 Å². The predicted molar refractivity (Wildman–Crippen MR) is 78.3 cm³/mol. The molecule has 0 saturated carbocycles. The highest BCUT2D eigenvalue weighted by Crippen LogP contribution is 2.15. The fourth-order valence-corrected chi connectivity index (χ4v) is 1.65. The van der Waals surface area contributed by atoms with Crippen molar-refractivity contribution in [1.29, 1.82) is 0 Å². The number of carbonyl (C=O) groups is 1. The molecule has 0 fully saturated rings. The number of amides is 1. The van der Waals surface area contributed by atoms with Gasteiger partial charge < -0.3 is 15.4 Å². The summed E-state index contributed by atoms with van der Waals surface area (Å²) in [6.07, 6.45) is 2.17. The molecule has 0 spiro atoms. The number of benzene rings is 1. The number of para-hydroxylation sites is 1. The van der Waals surface area contributed by atoms with Gasteiger partial charge in [0.1, 0.15) is 0 Å². The highest BCUT2D eigenvalue weighted by molar-refractivity contribution is 5.99. The average molecular weight is 262 g/mol. The molecule has 19 heavy (non-hydrogen) atoms. The van der Waals surface area contributed by atoms with E-state index in [-0.39, 0.29) is 11.9 Å². The predicted octanol–water partition coefficient (Wildman–Crippen LogP) is 2.79. The van der Waals surface area contributed by atoms with E-state index < -0.39 is 0 Å². The SMILES string of the molecule is C=COCCCNC(=O)c1ccccc1NC(C)C. The summed E-state index contributed by atoms with van der Waals surface area (Å²) < 4.78 is 5.00. The Balaban J connectivity index is 2.53. The molecule has 1 amide bonds. The maximum Gasteiger partial charge on any atom is 0.253 e. The van der Waals surface area contributed by atoms with Crippen LogP contribution in [0.5, 0.6) is 0 Å². The van der Waals surface area contributed by atoms with Crippen LogP contribution in [0.1, 0.15) is 30.6 Å². The number of carbonyl (C=O) groups excluding carboxylic acids is 1. The molecule has 0 aliphatic heterocycles. The first-order chi connectivity index (χ1) is 9.15. The fourth-order valence-electron chi connectivity index (χ4n) is 1.65. The van der Waals surface area contributed by atoms with Crippen LogP contribution in [-0.4, -0.2) is 25.1 Å². The molecule has 1 rings (SSSR count). The Morgan fingerprint density at radius 1 is 1.42 bits per heavy atom. The zero-order valence-corrected chi connectivity index (χ0v) is 11.6. The van der Waals surface area contributed by atoms with Crippen LogP contribution in [-0.2, 0) is 4.74 Å². The van der Waals surface area contributed by atoms with Gasteiger partial charge in [0.25, 0.3) is 5.91 Å². The molecule has 0 saturated heterocycles. The molecule has 0 aliphatic carbocycles. The van der Waals surface area contributed by atoms with Crippen LogP contribution in [0, 0.1) is 0 Å². The molecule has 0 bridgehead atoms. The quantitative estimate of drug-likeness (QED) is 0.559. The largest absolute Gasteiger partial charge is 0.502 e. The second kappa shape index (κ2) is 8.19. The summed E-state index contributed by atoms with van der Waals surface area (Å²) >= 11 is 0. The Hall–Kier alpha value is -1.97. The molecule has 1 aromatic carbocycles. The van der Waals surface area contributed by atoms with E-state index in [1.165, 1.54) is 6.26 Å². The molecule has 0 heterocycles. The van der Waals surface area contributed by atoms with E-state index >= 15 is 0 Å². The molecule has 4 nitrogen and oxygen atoms in total. The van der Waals surface area contributed by atoms with E-state index in [1.54, 1.807) is 0 Å². The van der Waals surface area contributed by atoms with Crippen LogP contribution in [0.25, 0.3) is 0 Å². The zero-order chi connectivity index (χ0) is 14.1. The first kappa shape index (κ1) is 15.1. The minimum atomic E-state index is -0.0673. The van der Waals surface area contributed by atoms with Crippen LogP contribution in [0.4, 0.5) is 5.69 Å². The molecule has 104 valence electrons.